The number of para-hydroxylation sites is 1. The molecule has 1 aromatic carbocycles. The number of pyridine rings is 1. The van der Waals surface area contributed by atoms with E-state index in [0.29, 0.717) is 17.3 Å². The SMILES string of the molecule is COC(=O)c1ccnc(Nc2ccccc2C(C)C)c1. The third kappa shape index (κ3) is 3.15. The Morgan fingerprint density at radius 1 is 1.25 bits per heavy atom. The van der Waals surface area contributed by atoms with Crippen molar-refractivity contribution < 1.29 is 9.53 Å². The van der Waals surface area contributed by atoms with Gasteiger partial charge in [-0.3, -0.25) is 0 Å². The van der Waals surface area contributed by atoms with Crippen LogP contribution in [0.1, 0.15) is 35.7 Å². The summed E-state index contributed by atoms with van der Waals surface area (Å²) in [6, 6.07) is 11.4. The minimum atomic E-state index is -0.368. The second-order valence-electron chi connectivity index (χ2n) is 4.79. The van der Waals surface area contributed by atoms with Crippen molar-refractivity contribution in [2.45, 2.75) is 19.8 Å². The molecule has 0 amide bonds. The summed E-state index contributed by atoms with van der Waals surface area (Å²) in [6.45, 7) is 4.28. The molecule has 2 rings (SSSR count). The van der Waals surface area contributed by atoms with Crippen LogP contribution in [0, 0.1) is 0 Å². The summed E-state index contributed by atoms with van der Waals surface area (Å²) in [5.41, 5.74) is 2.68. The maximum Gasteiger partial charge on any atom is 0.338 e. The molecular formula is C16H18N2O2. The smallest absolute Gasteiger partial charge is 0.338 e. The summed E-state index contributed by atoms with van der Waals surface area (Å²) in [5, 5.41) is 3.25. The highest BCUT2D eigenvalue weighted by atomic mass is 16.5. The van der Waals surface area contributed by atoms with E-state index in [0.717, 1.165) is 5.69 Å². The normalized spacial score (nSPS) is 10.4. The molecule has 0 radical (unpaired) electrons. The summed E-state index contributed by atoms with van der Waals surface area (Å²) in [4.78, 5) is 15.7. The van der Waals surface area contributed by atoms with Gasteiger partial charge in [0.25, 0.3) is 0 Å². The van der Waals surface area contributed by atoms with Crippen molar-refractivity contribution in [2.24, 2.45) is 0 Å². The third-order valence-electron chi connectivity index (χ3n) is 3.03. The van der Waals surface area contributed by atoms with Gasteiger partial charge < -0.3 is 10.1 Å². The summed E-state index contributed by atoms with van der Waals surface area (Å²) < 4.78 is 4.71. The second kappa shape index (κ2) is 6.19. The van der Waals surface area contributed by atoms with E-state index in [-0.39, 0.29) is 5.97 Å². The Morgan fingerprint density at radius 2 is 2.00 bits per heavy atom. The van der Waals surface area contributed by atoms with Crippen molar-refractivity contribution in [2.75, 3.05) is 12.4 Å². The lowest BCUT2D eigenvalue weighted by Gasteiger charge is -2.14. The van der Waals surface area contributed by atoms with Crippen LogP contribution in [0.25, 0.3) is 0 Å². The van der Waals surface area contributed by atoms with Gasteiger partial charge in [-0.25, -0.2) is 9.78 Å². The number of hydrogen-bond acceptors (Lipinski definition) is 4. The molecule has 0 saturated heterocycles. The zero-order valence-electron chi connectivity index (χ0n) is 11.9. The van der Waals surface area contributed by atoms with E-state index in [9.17, 15) is 4.79 Å². The van der Waals surface area contributed by atoms with Crippen LogP contribution in [0.3, 0.4) is 0 Å². The summed E-state index contributed by atoms with van der Waals surface area (Å²) in [5.74, 6) is 0.663. The first-order valence-corrected chi connectivity index (χ1v) is 6.52. The molecule has 1 heterocycles. The Bertz CT molecular complexity index is 609. The van der Waals surface area contributed by atoms with Crippen molar-refractivity contribution in [3.05, 3.63) is 53.7 Å². The first-order chi connectivity index (χ1) is 9.61. The quantitative estimate of drug-likeness (QED) is 0.860. The fraction of sp³-hybridized carbons (Fsp3) is 0.250. The van der Waals surface area contributed by atoms with Crippen LogP contribution in [0.5, 0.6) is 0 Å². The number of benzene rings is 1. The van der Waals surface area contributed by atoms with Crippen LogP contribution in [-0.2, 0) is 4.74 Å². The summed E-state index contributed by atoms with van der Waals surface area (Å²) in [6.07, 6.45) is 1.59. The van der Waals surface area contributed by atoms with E-state index in [2.05, 4.69) is 30.2 Å². The average molecular weight is 270 g/mol. The van der Waals surface area contributed by atoms with Gasteiger partial charge in [-0.05, 0) is 29.7 Å². The predicted molar refractivity (Wildman–Crippen MR) is 79.4 cm³/mol. The molecule has 0 spiro atoms. The molecule has 0 aliphatic rings. The number of hydrogen-bond donors (Lipinski definition) is 1. The van der Waals surface area contributed by atoms with Crippen molar-refractivity contribution >= 4 is 17.5 Å². The maximum atomic E-state index is 11.5. The summed E-state index contributed by atoms with van der Waals surface area (Å²) >= 11 is 0. The number of carbonyl (C=O) groups excluding carboxylic acids is 1. The molecule has 4 nitrogen and oxygen atoms in total. The fourth-order valence-corrected chi connectivity index (χ4v) is 2.00. The highest BCUT2D eigenvalue weighted by Crippen LogP contribution is 2.26. The number of rotatable bonds is 4. The molecule has 0 bridgehead atoms. The van der Waals surface area contributed by atoms with E-state index in [1.54, 1.807) is 18.3 Å². The van der Waals surface area contributed by atoms with E-state index in [1.165, 1.54) is 12.7 Å². The zero-order chi connectivity index (χ0) is 14.5. The van der Waals surface area contributed by atoms with Crippen molar-refractivity contribution in [1.29, 1.82) is 0 Å². The molecule has 104 valence electrons. The molecule has 20 heavy (non-hydrogen) atoms. The molecule has 0 unspecified atom stereocenters. The van der Waals surface area contributed by atoms with Crippen molar-refractivity contribution in [3.63, 3.8) is 0 Å². The van der Waals surface area contributed by atoms with Crippen LogP contribution in [0.4, 0.5) is 11.5 Å². The number of methoxy groups -OCH3 is 1. The molecule has 0 atom stereocenters. The molecule has 0 aliphatic heterocycles. The van der Waals surface area contributed by atoms with Gasteiger partial charge in [0.1, 0.15) is 5.82 Å². The lowest BCUT2D eigenvalue weighted by atomic mass is 10.0. The first-order valence-electron chi connectivity index (χ1n) is 6.52. The van der Waals surface area contributed by atoms with Gasteiger partial charge in [0, 0.05) is 11.9 Å². The minimum Gasteiger partial charge on any atom is -0.465 e. The average Bonchev–Trinajstić information content (AvgIpc) is 2.47. The van der Waals surface area contributed by atoms with Crippen LogP contribution < -0.4 is 5.32 Å². The predicted octanol–water partition coefficient (Wildman–Crippen LogP) is 3.74. The van der Waals surface area contributed by atoms with E-state index in [1.807, 2.05) is 18.2 Å². The molecule has 0 saturated carbocycles. The number of nitrogens with zero attached hydrogens (tertiary/aromatic N) is 1. The van der Waals surface area contributed by atoms with E-state index in [4.69, 9.17) is 4.74 Å². The molecular weight excluding hydrogens is 252 g/mol. The maximum absolute atomic E-state index is 11.5. The number of ether oxygens (including phenoxy) is 1. The van der Waals surface area contributed by atoms with Crippen LogP contribution in [0.15, 0.2) is 42.6 Å². The fourth-order valence-electron chi connectivity index (χ4n) is 2.00. The van der Waals surface area contributed by atoms with Crippen LogP contribution >= 0.6 is 0 Å². The molecule has 1 aromatic heterocycles. The monoisotopic (exact) mass is 270 g/mol. The Morgan fingerprint density at radius 3 is 2.70 bits per heavy atom. The van der Waals surface area contributed by atoms with Gasteiger partial charge in [-0.2, -0.15) is 0 Å². The topological polar surface area (TPSA) is 51.2 Å². The van der Waals surface area contributed by atoms with Gasteiger partial charge >= 0.3 is 5.97 Å². The second-order valence-corrected chi connectivity index (χ2v) is 4.79. The minimum absolute atomic E-state index is 0.368. The van der Waals surface area contributed by atoms with Crippen LogP contribution in [0.2, 0.25) is 0 Å². The zero-order valence-corrected chi connectivity index (χ0v) is 11.9. The number of aromatic nitrogens is 1. The number of carbonyl (C=O) groups is 1. The van der Waals surface area contributed by atoms with Crippen LogP contribution in [-0.4, -0.2) is 18.1 Å². The van der Waals surface area contributed by atoms with Gasteiger partial charge in [0.05, 0.1) is 12.7 Å². The molecule has 2 aromatic rings. The first kappa shape index (κ1) is 14.1. The molecule has 4 heteroatoms. The number of esters is 1. The Balaban J connectivity index is 2.29. The molecule has 1 N–H and O–H groups in total. The lowest BCUT2D eigenvalue weighted by Crippen LogP contribution is -2.04. The Kier molecular flexibility index (Phi) is 4.35. The number of nitrogens with one attached hydrogen (secondary N) is 1. The van der Waals surface area contributed by atoms with Gasteiger partial charge in [-0.1, -0.05) is 32.0 Å². The Labute approximate surface area is 118 Å². The molecule has 0 aliphatic carbocycles. The van der Waals surface area contributed by atoms with Gasteiger partial charge in [0.15, 0.2) is 0 Å². The highest BCUT2D eigenvalue weighted by Gasteiger charge is 2.09. The molecule has 0 fully saturated rings. The Hall–Kier alpha value is -2.36. The largest absolute Gasteiger partial charge is 0.465 e. The lowest BCUT2D eigenvalue weighted by molar-refractivity contribution is 0.0600. The number of anilines is 2. The van der Waals surface area contributed by atoms with E-state index < -0.39 is 0 Å². The van der Waals surface area contributed by atoms with Gasteiger partial charge in [0.2, 0.25) is 0 Å². The van der Waals surface area contributed by atoms with Crippen molar-refractivity contribution in [3.8, 4) is 0 Å². The third-order valence-corrected chi connectivity index (χ3v) is 3.03. The highest BCUT2D eigenvalue weighted by molar-refractivity contribution is 5.90. The standard InChI is InChI=1S/C16H18N2O2/c1-11(2)13-6-4-5-7-14(13)18-15-10-12(8-9-17-15)16(19)20-3/h4-11H,1-3H3,(H,17,18). The van der Waals surface area contributed by atoms with Crippen molar-refractivity contribution in [1.82, 2.24) is 4.98 Å². The van der Waals surface area contributed by atoms with E-state index >= 15 is 0 Å². The van der Waals surface area contributed by atoms with Gasteiger partial charge in [-0.15, -0.1) is 0 Å². The summed E-state index contributed by atoms with van der Waals surface area (Å²) in [7, 11) is 1.37.